The van der Waals surface area contributed by atoms with Crippen molar-refractivity contribution in [3.8, 4) is 11.5 Å². The number of rotatable bonds is 7. The molecule has 0 aromatic heterocycles. The quantitative estimate of drug-likeness (QED) is 0.764. The molecule has 0 bridgehead atoms. The van der Waals surface area contributed by atoms with Gasteiger partial charge in [0.05, 0.1) is 31.9 Å². The lowest BCUT2D eigenvalue weighted by Gasteiger charge is -2.29. The van der Waals surface area contributed by atoms with Crippen LogP contribution in [-0.2, 0) is 14.8 Å². The Labute approximate surface area is 166 Å². The smallest absolute Gasteiger partial charge is 0.248 e. The van der Waals surface area contributed by atoms with E-state index in [0.717, 1.165) is 21.7 Å². The predicted molar refractivity (Wildman–Crippen MR) is 111 cm³/mol. The standard InChI is InChI=1S/C20H26N2O5S/c1-13-7-9-18(26-4)16(11-13)21-20(23)15(3)22(28(6,24)25)17-12-14(2)8-10-19(17)27-5/h7-12,15H,1-6H3,(H,21,23)/t15-/m0/s1. The minimum absolute atomic E-state index is 0.309. The van der Waals surface area contributed by atoms with Gasteiger partial charge in [-0.25, -0.2) is 8.42 Å². The first kappa shape index (κ1) is 21.6. The molecule has 2 aromatic rings. The summed E-state index contributed by atoms with van der Waals surface area (Å²) in [6.45, 7) is 5.26. The molecule has 0 saturated heterocycles. The molecule has 1 atom stereocenters. The molecule has 0 heterocycles. The number of hydrogen-bond acceptors (Lipinski definition) is 5. The number of nitrogens with zero attached hydrogens (tertiary/aromatic N) is 1. The highest BCUT2D eigenvalue weighted by molar-refractivity contribution is 7.92. The number of carbonyl (C=O) groups excluding carboxylic acids is 1. The fourth-order valence-corrected chi connectivity index (χ4v) is 4.08. The van der Waals surface area contributed by atoms with Crippen LogP contribution in [0.5, 0.6) is 11.5 Å². The molecule has 0 spiro atoms. The van der Waals surface area contributed by atoms with Crippen molar-refractivity contribution in [3.05, 3.63) is 47.5 Å². The van der Waals surface area contributed by atoms with Gasteiger partial charge in [-0.2, -0.15) is 0 Å². The number of sulfonamides is 1. The normalized spacial score (nSPS) is 12.2. The van der Waals surface area contributed by atoms with Gasteiger partial charge in [-0.15, -0.1) is 0 Å². The maximum atomic E-state index is 12.9. The second-order valence-electron chi connectivity index (χ2n) is 6.60. The molecule has 28 heavy (non-hydrogen) atoms. The summed E-state index contributed by atoms with van der Waals surface area (Å²) in [5.74, 6) is 0.367. The van der Waals surface area contributed by atoms with E-state index in [9.17, 15) is 13.2 Å². The lowest BCUT2D eigenvalue weighted by atomic mass is 10.1. The number of methoxy groups -OCH3 is 2. The Kier molecular flexibility index (Phi) is 6.56. The summed E-state index contributed by atoms with van der Waals surface area (Å²) < 4.78 is 36.8. The monoisotopic (exact) mass is 406 g/mol. The summed E-state index contributed by atoms with van der Waals surface area (Å²) in [6, 6.07) is 9.52. The van der Waals surface area contributed by atoms with Crippen LogP contribution in [0.15, 0.2) is 36.4 Å². The van der Waals surface area contributed by atoms with Crippen LogP contribution < -0.4 is 19.1 Å². The second-order valence-corrected chi connectivity index (χ2v) is 8.46. The zero-order chi connectivity index (χ0) is 21.1. The van der Waals surface area contributed by atoms with Gasteiger partial charge < -0.3 is 14.8 Å². The van der Waals surface area contributed by atoms with Crippen molar-refractivity contribution in [3.63, 3.8) is 0 Å². The molecule has 0 unspecified atom stereocenters. The first-order valence-electron chi connectivity index (χ1n) is 8.68. The van der Waals surface area contributed by atoms with E-state index in [0.29, 0.717) is 22.9 Å². The fraction of sp³-hybridized carbons (Fsp3) is 0.350. The number of anilines is 2. The third-order valence-electron chi connectivity index (χ3n) is 4.27. The first-order valence-corrected chi connectivity index (χ1v) is 10.5. The highest BCUT2D eigenvalue weighted by atomic mass is 32.2. The topological polar surface area (TPSA) is 84.9 Å². The average Bonchev–Trinajstić information content (AvgIpc) is 2.61. The molecule has 8 heteroatoms. The number of amides is 1. The molecule has 152 valence electrons. The summed E-state index contributed by atoms with van der Waals surface area (Å²) in [5, 5.41) is 2.77. The number of nitrogens with one attached hydrogen (secondary N) is 1. The van der Waals surface area contributed by atoms with Crippen LogP contribution in [0.2, 0.25) is 0 Å². The molecule has 0 aliphatic heterocycles. The number of carbonyl (C=O) groups is 1. The van der Waals surface area contributed by atoms with Crippen LogP contribution in [0.3, 0.4) is 0 Å². The van der Waals surface area contributed by atoms with Gasteiger partial charge in [0.25, 0.3) is 0 Å². The zero-order valence-corrected chi connectivity index (χ0v) is 17.8. The van der Waals surface area contributed by atoms with E-state index in [1.54, 1.807) is 24.3 Å². The van der Waals surface area contributed by atoms with E-state index in [1.165, 1.54) is 21.1 Å². The lowest BCUT2D eigenvalue weighted by Crippen LogP contribution is -2.45. The lowest BCUT2D eigenvalue weighted by molar-refractivity contribution is -0.116. The number of aryl methyl sites for hydroxylation is 2. The first-order chi connectivity index (χ1) is 13.1. The molecule has 0 aliphatic rings. The maximum absolute atomic E-state index is 12.9. The number of benzene rings is 2. The van der Waals surface area contributed by atoms with E-state index >= 15 is 0 Å². The van der Waals surface area contributed by atoms with E-state index in [-0.39, 0.29) is 0 Å². The maximum Gasteiger partial charge on any atom is 0.248 e. The molecule has 0 saturated carbocycles. The molecular formula is C20H26N2O5S. The molecule has 0 radical (unpaired) electrons. The van der Waals surface area contributed by atoms with Crippen molar-refractivity contribution >= 4 is 27.3 Å². The Morgan fingerprint density at radius 1 is 1.00 bits per heavy atom. The third-order valence-corrected chi connectivity index (χ3v) is 5.50. The Bertz CT molecular complexity index is 973. The Morgan fingerprint density at radius 3 is 2.07 bits per heavy atom. The van der Waals surface area contributed by atoms with Crippen molar-refractivity contribution < 1.29 is 22.7 Å². The molecule has 1 N–H and O–H groups in total. The Balaban J connectivity index is 2.45. The summed E-state index contributed by atoms with van der Waals surface area (Å²) in [7, 11) is -0.807. The summed E-state index contributed by atoms with van der Waals surface area (Å²) >= 11 is 0. The van der Waals surface area contributed by atoms with Crippen molar-refractivity contribution in [2.75, 3.05) is 30.1 Å². The Hall–Kier alpha value is -2.74. The van der Waals surface area contributed by atoms with Crippen LogP contribution in [-0.4, -0.2) is 40.8 Å². The van der Waals surface area contributed by atoms with Crippen LogP contribution in [0.4, 0.5) is 11.4 Å². The van der Waals surface area contributed by atoms with Crippen LogP contribution in [0.25, 0.3) is 0 Å². The van der Waals surface area contributed by atoms with E-state index in [2.05, 4.69) is 5.32 Å². The van der Waals surface area contributed by atoms with Gasteiger partial charge in [0.15, 0.2) is 0 Å². The molecule has 2 aromatic carbocycles. The molecular weight excluding hydrogens is 380 g/mol. The van der Waals surface area contributed by atoms with Gasteiger partial charge in [0.2, 0.25) is 15.9 Å². The minimum atomic E-state index is -3.77. The van der Waals surface area contributed by atoms with Gasteiger partial charge >= 0.3 is 0 Å². The van der Waals surface area contributed by atoms with Gasteiger partial charge in [-0.1, -0.05) is 12.1 Å². The molecule has 7 nitrogen and oxygen atoms in total. The van der Waals surface area contributed by atoms with Gasteiger partial charge in [-0.3, -0.25) is 9.10 Å². The summed E-state index contributed by atoms with van der Waals surface area (Å²) in [6.07, 6.45) is 1.06. The molecule has 0 aliphatic carbocycles. The largest absolute Gasteiger partial charge is 0.495 e. The SMILES string of the molecule is COc1ccc(C)cc1NC(=O)[C@H](C)N(c1cc(C)ccc1OC)S(C)(=O)=O. The third kappa shape index (κ3) is 4.75. The van der Waals surface area contributed by atoms with Gasteiger partial charge in [-0.05, 0) is 56.2 Å². The van der Waals surface area contributed by atoms with Crippen molar-refractivity contribution in [1.29, 1.82) is 0 Å². The average molecular weight is 407 g/mol. The summed E-state index contributed by atoms with van der Waals surface area (Å²) in [5.41, 5.74) is 2.56. The van der Waals surface area contributed by atoms with Crippen LogP contribution >= 0.6 is 0 Å². The molecule has 1 amide bonds. The van der Waals surface area contributed by atoms with Crippen molar-refractivity contribution in [2.45, 2.75) is 26.8 Å². The highest BCUT2D eigenvalue weighted by Crippen LogP contribution is 2.33. The predicted octanol–water partition coefficient (Wildman–Crippen LogP) is 3.11. The highest BCUT2D eigenvalue weighted by Gasteiger charge is 2.31. The van der Waals surface area contributed by atoms with Crippen molar-refractivity contribution in [2.24, 2.45) is 0 Å². The van der Waals surface area contributed by atoms with E-state index in [1.807, 2.05) is 26.0 Å². The van der Waals surface area contributed by atoms with Gasteiger partial charge in [0, 0.05) is 0 Å². The van der Waals surface area contributed by atoms with Crippen molar-refractivity contribution in [1.82, 2.24) is 0 Å². The number of hydrogen-bond donors (Lipinski definition) is 1. The number of ether oxygens (including phenoxy) is 2. The zero-order valence-electron chi connectivity index (χ0n) is 16.9. The second kappa shape index (κ2) is 8.52. The molecule has 0 fully saturated rings. The fourth-order valence-electron chi connectivity index (χ4n) is 2.91. The van der Waals surface area contributed by atoms with Crippen LogP contribution in [0.1, 0.15) is 18.1 Å². The van der Waals surface area contributed by atoms with E-state index < -0.39 is 22.0 Å². The minimum Gasteiger partial charge on any atom is -0.495 e. The Morgan fingerprint density at radius 2 is 1.54 bits per heavy atom. The summed E-state index contributed by atoms with van der Waals surface area (Å²) in [4.78, 5) is 12.9. The van der Waals surface area contributed by atoms with Gasteiger partial charge in [0.1, 0.15) is 17.5 Å². The van der Waals surface area contributed by atoms with Crippen LogP contribution in [0, 0.1) is 13.8 Å². The molecule has 2 rings (SSSR count). The van der Waals surface area contributed by atoms with E-state index in [4.69, 9.17) is 9.47 Å².